The number of methoxy groups -OCH3 is 1. The van der Waals surface area contributed by atoms with Crippen LogP contribution < -0.4 is 20.3 Å². The van der Waals surface area contributed by atoms with Gasteiger partial charge in [0.2, 0.25) is 0 Å². The Kier molecular flexibility index (Phi) is 6.97. The predicted octanol–water partition coefficient (Wildman–Crippen LogP) is 3.97. The number of pyridine rings is 1. The van der Waals surface area contributed by atoms with Crippen molar-refractivity contribution in [3.05, 3.63) is 34.9 Å². The lowest BCUT2D eigenvalue weighted by Crippen LogP contribution is -2.41. The molecule has 1 aromatic carbocycles. The summed E-state index contributed by atoms with van der Waals surface area (Å²) < 4.78 is 21.1. The SMILES string of the molecule is COc1cc2c(c(-c3cn(C)c(=O)c4c3cnn4COCCS(C)(C)C)c1)OC(C1CCCC1)C(=O)N2. The maximum atomic E-state index is 13.2. The van der Waals surface area contributed by atoms with Crippen molar-refractivity contribution >= 4 is 32.5 Å². The summed E-state index contributed by atoms with van der Waals surface area (Å²) in [5.41, 5.74) is 2.40. The number of rotatable bonds is 8. The van der Waals surface area contributed by atoms with E-state index in [0.29, 0.717) is 34.7 Å². The summed E-state index contributed by atoms with van der Waals surface area (Å²) in [6.07, 6.45) is 13.9. The third-order valence-corrected chi connectivity index (χ3v) is 8.60. The molecule has 1 atom stereocenters. The molecule has 9 nitrogen and oxygen atoms in total. The summed E-state index contributed by atoms with van der Waals surface area (Å²) in [6, 6.07) is 3.66. The van der Waals surface area contributed by atoms with Gasteiger partial charge in [-0.2, -0.15) is 5.10 Å². The van der Waals surface area contributed by atoms with Gasteiger partial charge in [-0.3, -0.25) is 9.59 Å². The maximum absolute atomic E-state index is 13.2. The van der Waals surface area contributed by atoms with Crippen LogP contribution in [-0.4, -0.2) is 64.6 Å². The Morgan fingerprint density at radius 2 is 1.92 bits per heavy atom. The average Bonchev–Trinajstić information content (AvgIpc) is 3.53. The van der Waals surface area contributed by atoms with Crippen molar-refractivity contribution in [2.75, 3.05) is 43.6 Å². The number of aromatic nitrogens is 3. The lowest BCUT2D eigenvalue weighted by molar-refractivity contribution is -0.125. The predicted molar refractivity (Wildman–Crippen MR) is 148 cm³/mol. The van der Waals surface area contributed by atoms with Crippen LogP contribution in [0.1, 0.15) is 25.7 Å². The Morgan fingerprint density at radius 1 is 1.16 bits per heavy atom. The first-order valence-corrected chi connectivity index (χ1v) is 15.7. The Morgan fingerprint density at radius 3 is 2.62 bits per heavy atom. The second kappa shape index (κ2) is 10.1. The van der Waals surface area contributed by atoms with Gasteiger partial charge in [0.1, 0.15) is 18.0 Å². The summed E-state index contributed by atoms with van der Waals surface area (Å²) in [7, 11) is 2.64. The van der Waals surface area contributed by atoms with Crippen LogP contribution >= 0.6 is 10.0 Å². The number of nitrogens with zero attached hydrogens (tertiary/aromatic N) is 3. The van der Waals surface area contributed by atoms with Crippen LogP contribution in [0.2, 0.25) is 0 Å². The van der Waals surface area contributed by atoms with Crippen LogP contribution in [0.5, 0.6) is 11.5 Å². The quantitative estimate of drug-likeness (QED) is 0.445. The van der Waals surface area contributed by atoms with E-state index in [0.717, 1.165) is 42.6 Å². The number of carbonyl (C=O) groups excluding carboxylic acids is 1. The zero-order valence-corrected chi connectivity index (χ0v) is 23.0. The highest BCUT2D eigenvalue weighted by molar-refractivity contribution is 8.32. The van der Waals surface area contributed by atoms with Gasteiger partial charge < -0.3 is 24.1 Å². The number of anilines is 1. The fourth-order valence-electron chi connectivity index (χ4n) is 5.16. The number of fused-ring (bicyclic) bond motifs is 2. The van der Waals surface area contributed by atoms with E-state index in [1.807, 2.05) is 6.07 Å². The van der Waals surface area contributed by atoms with Gasteiger partial charge in [-0.1, -0.05) is 12.8 Å². The van der Waals surface area contributed by atoms with E-state index in [4.69, 9.17) is 14.2 Å². The molecule has 0 radical (unpaired) electrons. The highest BCUT2D eigenvalue weighted by atomic mass is 32.3. The van der Waals surface area contributed by atoms with Crippen molar-refractivity contribution in [3.63, 3.8) is 0 Å². The zero-order valence-electron chi connectivity index (χ0n) is 22.2. The summed E-state index contributed by atoms with van der Waals surface area (Å²) in [5.74, 6) is 2.23. The fraction of sp³-hybridized carbons (Fsp3) is 0.519. The minimum absolute atomic E-state index is 0.119. The molecule has 37 heavy (non-hydrogen) atoms. The van der Waals surface area contributed by atoms with Gasteiger partial charge in [0.05, 0.1) is 25.6 Å². The van der Waals surface area contributed by atoms with E-state index in [1.54, 1.807) is 41.9 Å². The summed E-state index contributed by atoms with van der Waals surface area (Å²) in [5, 5.41) is 8.25. The average molecular weight is 529 g/mol. The van der Waals surface area contributed by atoms with Gasteiger partial charge in [0, 0.05) is 47.5 Å². The second-order valence-electron chi connectivity index (χ2n) is 10.8. The summed E-state index contributed by atoms with van der Waals surface area (Å²) in [4.78, 5) is 26.1. The largest absolute Gasteiger partial charge is 0.497 e. The molecule has 2 aliphatic rings. The number of benzene rings is 1. The number of hydrogen-bond donors (Lipinski definition) is 1. The standard InChI is InChI=1S/C27H36N4O5S/c1-30-15-21(20-14-28-31(23(20)27(30)33)16-35-10-11-37(3,4)5)19-12-18(34-2)13-22-25(19)36-24(26(32)29-22)17-8-6-7-9-17/h12-15,17,24H,6-11,16H2,1-5H3,(H,29,32). The molecule has 0 bridgehead atoms. The van der Waals surface area contributed by atoms with Crippen molar-refractivity contribution in [3.8, 4) is 22.6 Å². The van der Waals surface area contributed by atoms with Gasteiger partial charge in [0.15, 0.2) is 11.9 Å². The Labute approximate surface area is 218 Å². The van der Waals surface area contributed by atoms with Crippen molar-refractivity contribution in [2.24, 2.45) is 13.0 Å². The van der Waals surface area contributed by atoms with Crippen LogP contribution in [0.15, 0.2) is 29.3 Å². The van der Waals surface area contributed by atoms with Crippen LogP contribution in [0.4, 0.5) is 5.69 Å². The van der Waals surface area contributed by atoms with Gasteiger partial charge >= 0.3 is 0 Å². The highest BCUT2D eigenvalue weighted by Crippen LogP contribution is 2.46. The highest BCUT2D eigenvalue weighted by Gasteiger charge is 2.38. The van der Waals surface area contributed by atoms with Crippen LogP contribution in [0, 0.1) is 5.92 Å². The van der Waals surface area contributed by atoms with Crippen LogP contribution in [0.25, 0.3) is 22.0 Å². The van der Waals surface area contributed by atoms with Gasteiger partial charge in [0.25, 0.3) is 11.5 Å². The molecule has 2 aromatic heterocycles. The van der Waals surface area contributed by atoms with Crippen LogP contribution in [-0.2, 0) is 23.3 Å². The molecule has 0 saturated heterocycles. The molecule has 1 fully saturated rings. The molecule has 3 aromatic rings. The number of hydrogen-bond acceptors (Lipinski definition) is 6. The third kappa shape index (κ3) is 5.09. The number of carbonyl (C=O) groups is 1. The first kappa shape index (κ1) is 25.7. The van der Waals surface area contributed by atoms with Gasteiger partial charge in [-0.25, -0.2) is 14.7 Å². The first-order chi connectivity index (χ1) is 17.7. The van der Waals surface area contributed by atoms with Crippen molar-refractivity contribution in [1.29, 1.82) is 0 Å². The Bertz CT molecular complexity index is 1380. The molecular formula is C27H36N4O5S. The number of amides is 1. The second-order valence-corrected chi connectivity index (χ2v) is 15.4. The first-order valence-electron chi connectivity index (χ1n) is 12.6. The van der Waals surface area contributed by atoms with E-state index in [-0.39, 0.29) is 24.1 Å². The molecule has 0 spiro atoms. The molecule has 1 unspecified atom stereocenters. The minimum atomic E-state index is -0.672. The number of aryl methyl sites for hydroxylation is 1. The summed E-state index contributed by atoms with van der Waals surface area (Å²) in [6.45, 7) is 0.809. The number of ether oxygens (including phenoxy) is 3. The molecule has 1 N–H and O–H groups in total. The van der Waals surface area contributed by atoms with E-state index in [1.165, 1.54) is 0 Å². The monoisotopic (exact) mass is 528 g/mol. The topological polar surface area (TPSA) is 96.6 Å². The lowest BCUT2D eigenvalue weighted by atomic mass is 9.96. The molecule has 5 rings (SSSR count). The Hall–Kier alpha value is -2.98. The smallest absolute Gasteiger partial charge is 0.276 e. The van der Waals surface area contributed by atoms with E-state index >= 15 is 0 Å². The lowest BCUT2D eigenvalue weighted by Gasteiger charge is -2.31. The fourth-order valence-corrected chi connectivity index (χ4v) is 5.78. The zero-order chi connectivity index (χ0) is 26.3. The number of nitrogens with one attached hydrogen (secondary N) is 1. The van der Waals surface area contributed by atoms with Crippen molar-refractivity contribution in [1.82, 2.24) is 14.3 Å². The molecule has 200 valence electrons. The molecule has 3 heterocycles. The molecule has 1 aliphatic heterocycles. The van der Waals surface area contributed by atoms with E-state index in [9.17, 15) is 9.59 Å². The molecule has 10 heteroatoms. The van der Waals surface area contributed by atoms with E-state index in [2.05, 4.69) is 29.2 Å². The van der Waals surface area contributed by atoms with Crippen LogP contribution in [0.3, 0.4) is 0 Å². The molecule has 1 amide bonds. The van der Waals surface area contributed by atoms with E-state index < -0.39 is 16.1 Å². The van der Waals surface area contributed by atoms with Gasteiger partial charge in [-0.15, -0.1) is 0 Å². The maximum Gasteiger partial charge on any atom is 0.276 e. The Balaban J connectivity index is 1.57. The third-order valence-electron chi connectivity index (χ3n) is 7.21. The molecular weight excluding hydrogens is 492 g/mol. The minimum Gasteiger partial charge on any atom is -0.497 e. The van der Waals surface area contributed by atoms with Gasteiger partial charge in [-0.05, 0) is 37.7 Å². The van der Waals surface area contributed by atoms with Crippen molar-refractivity contribution in [2.45, 2.75) is 38.5 Å². The van der Waals surface area contributed by atoms with Crippen molar-refractivity contribution < 1.29 is 19.0 Å². The molecule has 1 aliphatic carbocycles. The normalized spacial score (nSPS) is 18.5. The molecule has 1 saturated carbocycles. The summed E-state index contributed by atoms with van der Waals surface area (Å²) >= 11 is 0.